The number of nitrogens with zero attached hydrogens (tertiary/aromatic N) is 5. The second-order valence-electron chi connectivity index (χ2n) is 9.09. The lowest BCUT2D eigenvalue weighted by Gasteiger charge is -2.17. The molecule has 4 rings (SSSR count). The molecule has 0 aliphatic rings. The summed E-state index contributed by atoms with van der Waals surface area (Å²) in [6.07, 6.45) is 3.06. The van der Waals surface area contributed by atoms with E-state index in [1.54, 1.807) is 16.8 Å². The van der Waals surface area contributed by atoms with Gasteiger partial charge in [0.15, 0.2) is 11.6 Å². The molecule has 0 fully saturated rings. The first-order valence-electron chi connectivity index (χ1n) is 9.42. The minimum Gasteiger partial charge on any atom is -0.397 e. The Morgan fingerprint density at radius 3 is 2.14 bits per heavy atom. The Bertz CT molecular complexity index is 1160. The molecule has 8 heteroatoms. The Kier molecular flexibility index (Phi) is 4.98. The average Bonchev–Trinajstić information content (AvgIpc) is 3.18. The second kappa shape index (κ2) is 7.02. The smallest absolute Gasteiger partial charge is 0.152 e. The maximum absolute atomic E-state index is 13.7. The van der Waals surface area contributed by atoms with Crippen LogP contribution in [0.3, 0.4) is 0 Å². The van der Waals surface area contributed by atoms with Crippen molar-refractivity contribution in [1.82, 2.24) is 24.2 Å². The van der Waals surface area contributed by atoms with Gasteiger partial charge in [0, 0.05) is 22.7 Å². The Morgan fingerprint density at radius 2 is 1.52 bits per heavy atom. The first-order valence-corrected chi connectivity index (χ1v) is 9.42. The van der Waals surface area contributed by atoms with Gasteiger partial charge in [-0.15, -0.1) is 0 Å². The lowest BCUT2D eigenvalue weighted by molar-refractivity contribution is 0.550. The van der Waals surface area contributed by atoms with Crippen molar-refractivity contribution in [2.45, 2.75) is 52.4 Å². The number of fused-ring (bicyclic) bond motifs is 2. The summed E-state index contributed by atoms with van der Waals surface area (Å²) in [4.78, 5) is 3.95. The van der Waals surface area contributed by atoms with Crippen LogP contribution in [0.4, 0.5) is 15.9 Å². The van der Waals surface area contributed by atoms with Crippen LogP contribution in [0, 0.1) is 5.82 Å². The SMILES string of the molecule is CC(C)(C)c1cc(F)c2c(N)ccnn12.CC(C)(C)c1ccc2c(N)ncnn12. The molecule has 4 heterocycles. The van der Waals surface area contributed by atoms with E-state index in [-0.39, 0.29) is 16.6 Å². The van der Waals surface area contributed by atoms with Crippen LogP contribution in [0.2, 0.25) is 0 Å². The number of hydrogen-bond donors (Lipinski definition) is 2. The number of anilines is 2. The van der Waals surface area contributed by atoms with Crippen LogP contribution in [0.25, 0.3) is 11.0 Å². The summed E-state index contributed by atoms with van der Waals surface area (Å²) in [5.41, 5.74) is 15.0. The molecule has 7 nitrogen and oxygen atoms in total. The van der Waals surface area contributed by atoms with E-state index < -0.39 is 0 Å². The van der Waals surface area contributed by atoms with E-state index in [0.717, 1.165) is 16.9 Å². The molecule has 0 aromatic carbocycles. The lowest BCUT2D eigenvalue weighted by atomic mass is 9.92. The molecule has 0 aliphatic heterocycles. The van der Waals surface area contributed by atoms with Crippen molar-refractivity contribution in [3.05, 3.63) is 54.0 Å². The average molecular weight is 398 g/mol. The highest BCUT2D eigenvalue weighted by atomic mass is 19.1. The number of aromatic nitrogens is 5. The minimum absolute atomic E-state index is 0.0627. The highest BCUT2D eigenvalue weighted by Crippen LogP contribution is 2.28. The summed E-state index contributed by atoms with van der Waals surface area (Å²) in [6, 6.07) is 7.10. The zero-order valence-electron chi connectivity index (χ0n) is 17.7. The quantitative estimate of drug-likeness (QED) is 0.468. The lowest BCUT2D eigenvalue weighted by Crippen LogP contribution is -2.15. The van der Waals surface area contributed by atoms with E-state index in [0.29, 0.717) is 17.0 Å². The van der Waals surface area contributed by atoms with Gasteiger partial charge in [0.2, 0.25) is 0 Å². The van der Waals surface area contributed by atoms with Crippen molar-refractivity contribution in [2.24, 2.45) is 0 Å². The van der Waals surface area contributed by atoms with Crippen LogP contribution in [-0.4, -0.2) is 24.2 Å². The fraction of sp³-hybridized carbons (Fsp3) is 0.381. The predicted octanol–water partition coefficient (Wildman–Crippen LogP) is 3.96. The summed E-state index contributed by atoms with van der Waals surface area (Å²) in [5.74, 6) is 0.209. The zero-order valence-corrected chi connectivity index (χ0v) is 17.7. The van der Waals surface area contributed by atoms with Crippen molar-refractivity contribution in [3.63, 3.8) is 0 Å². The van der Waals surface area contributed by atoms with Gasteiger partial charge in [0.25, 0.3) is 0 Å². The van der Waals surface area contributed by atoms with Crippen molar-refractivity contribution in [2.75, 3.05) is 11.5 Å². The van der Waals surface area contributed by atoms with Crippen LogP contribution < -0.4 is 11.5 Å². The molecular weight excluding hydrogens is 369 g/mol. The fourth-order valence-electron chi connectivity index (χ4n) is 3.17. The highest BCUT2D eigenvalue weighted by Gasteiger charge is 2.22. The molecule has 0 bridgehead atoms. The monoisotopic (exact) mass is 397 g/mol. The van der Waals surface area contributed by atoms with Gasteiger partial charge in [-0.2, -0.15) is 10.2 Å². The van der Waals surface area contributed by atoms with E-state index in [1.165, 1.54) is 12.4 Å². The van der Waals surface area contributed by atoms with Gasteiger partial charge in [0.1, 0.15) is 17.4 Å². The molecule has 4 aromatic rings. The van der Waals surface area contributed by atoms with Gasteiger partial charge >= 0.3 is 0 Å². The number of nitrogens with two attached hydrogens (primary N) is 2. The fourth-order valence-corrected chi connectivity index (χ4v) is 3.17. The standard InChI is InChI=1S/C11H14FN3.C10H14N4/c1-11(2,3)9-6-7(12)10-8(13)4-5-14-15(9)10;1-10(2,3)8-5-4-7-9(11)12-6-13-14(7)8/h4-6H,13H2,1-3H3;4-6H,1-3H3,(H2,11,12,13). The molecule has 0 saturated heterocycles. The first-order chi connectivity index (χ1) is 13.4. The van der Waals surface area contributed by atoms with Crippen molar-refractivity contribution < 1.29 is 4.39 Å². The molecule has 29 heavy (non-hydrogen) atoms. The molecule has 0 aliphatic carbocycles. The Balaban J connectivity index is 0.000000166. The van der Waals surface area contributed by atoms with E-state index >= 15 is 0 Å². The summed E-state index contributed by atoms with van der Waals surface area (Å²) in [5, 5.41) is 8.32. The molecule has 0 unspecified atom stereocenters. The normalized spacial score (nSPS) is 12.2. The van der Waals surface area contributed by atoms with Gasteiger partial charge in [-0.3, -0.25) is 0 Å². The maximum atomic E-state index is 13.7. The van der Waals surface area contributed by atoms with E-state index in [4.69, 9.17) is 11.5 Å². The first kappa shape index (κ1) is 20.6. The number of rotatable bonds is 0. The third-order valence-corrected chi connectivity index (χ3v) is 4.66. The van der Waals surface area contributed by atoms with Crippen LogP contribution in [-0.2, 0) is 10.8 Å². The zero-order chi connectivity index (χ0) is 21.6. The molecule has 0 saturated carbocycles. The third kappa shape index (κ3) is 3.87. The van der Waals surface area contributed by atoms with Gasteiger partial charge in [-0.25, -0.2) is 18.4 Å². The molecule has 0 spiro atoms. The summed E-state index contributed by atoms with van der Waals surface area (Å²) in [7, 11) is 0. The van der Waals surface area contributed by atoms with Gasteiger partial charge < -0.3 is 11.5 Å². The molecular formula is C21H28FN7. The second-order valence-corrected chi connectivity index (χ2v) is 9.09. The molecule has 0 radical (unpaired) electrons. The Hall–Kier alpha value is -3.16. The number of nitrogen functional groups attached to an aromatic ring is 2. The highest BCUT2D eigenvalue weighted by molar-refractivity contribution is 5.70. The van der Waals surface area contributed by atoms with Crippen molar-refractivity contribution >= 4 is 22.5 Å². The van der Waals surface area contributed by atoms with Crippen LogP contribution in [0.1, 0.15) is 52.9 Å². The van der Waals surface area contributed by atoms with Crippen molar-refractivity contribution in [3.8, 4) is 0 Å². The minimum atomic E-state index is -0.314. The van der Waals surface area contributed by atoms with Crippen molar-refractivity contribution in [1.29, 1.82) is 0 Å². The topological polar surface area (TPSA) is 99.5 Å². The van der Waals surface area contributed by atoms with Gasteiger partial charge in [0.05, 0.1) is 11.4 Å². The number of halogens is 1. The van der Waals surface area contributed by atoms with Gasteiger partial charge in [-0.05, 0) is 24.3 Å². The van der Waals surface area contributed by atoms with E-state index in [2.05, 4.69) is 36.0 Å². The summed E-state index contributed by atoms with van der Waals surface area (Å²) in [6.45, 7) is 12.5. The summed E-state index contributed by atoms with van der Waals surface area (Å²) < 4.78 is 17.1. The molecule has 4 N–H and O–H groups in total. The van der Waals surface area contributed by atoms with E-state index in [1.807, 2.05) is 37.4 Å². The molecule has 4 aromatic heterocycles. The molecule has 154 valence electrons. The third-order valence-electron chi connectivity index (χ3n) is 4.66. The van der Waals surface area contributed by atoms with Crippen LogP contribution in [0.15, 0.2) is 36.8 Å². The maximum Gasteiger partial charge on any atom is 0.152 e. The van der Waals surface area contributed by atoms with Gasteiger partial charge in [-0.1, -0.05) is 41.5 Å². The van der Waals surface area contributed by atoms with Crippen LogP contribution in [0.5, 0.6) is 0 Å². The van der Waals surface area contributed by atoms with Crippen LogP contribution >= 0.6 is 0 Å². The molecule has 0 amide bonds. The Morgan fingerprint density at radius 1 is 0.862 bits per heavy atom. The predicted molar refractivity (Wildman–Crippen MR) is 114 cm³/mol. The largest absolute Gasteiger partial charge is 0.397 e. The Labute approximate surface area is 169 Å². The van der Waals surface area contributed by atoms with E-state index in [9.17, 15) is 4.39 Å². The number of hydrogen-bond acceptors (Lipinski definition) is 5. The summed E-state index contributed by atoms with van der Waals surface area (Å²) >= 11 is 0. The molecule has 0 atom stereocenters.